The second-order valence-corrected chi connectivity index (χ2v) is 7.66. The molecule has 1 aromatic heterocycles. The van der Waals surface area contributed by atoms with Crippen molar-refractivity contribution in [1.82, 2.24) is 4.98 Å². The van der Waals surface area contributed by atoms with E-state index in [1.807, 2.05) is 61.7 Å². The van der Waals surface area contributed by atoms with Crippen LogP contribution in [-0.2, 0) is 4.79 Å². The first kappa shape index (κ1) is 23.3. The van der Waals surface area contributed by atoms with Gasteiger partial charge in [-0.1, -0.05) is 13.0 Å². The molecule has 1 heterocycles. The fourth-order valence-corrected chi connectivity index (χ4v) is 3.62. The van der Waals surface area contributed by atoms with Crippen LogP contribution in [0.4, 0.5) is 5.13 Å². The lowest BCUT2D eigenvalue weighted by Crippen LogP contribution is -2.07. The van der Waals surface area contributed by atoms with Gasteiger partial charge in [-0.2, -0.15) is 0 Å². The number of rotatable bonds is 11. The summed E-state index contributed by atoms with van der Waals surface area (Å²) in [6.07, 6.45) is 4.18. The molecule has 168 valence electrons. The third-order valence-electron chi connectivity index (χ3n) is 4.35. The van der Waals surface area contributed by atoms with Crippen LogP contribution in [-0.4, -0.2) is 30.7 Å². The Morgan fingerprint density at radius 2 is 1.75 bits per heavy atom. The zero-order valence-electron chi connectivity index (χ0n) is 18.6. The Kier molecular flexibility index (Phi) is 8.69. The Bertz CT molecular complexity index is 1040. The van der Waals surface area contributed by atoms with Crippen LogP contribution < -0.4 is 19.5 Å². The number of nitrogens with one attached hydrogen (secondary N) is 1. The maximum Gasteiger partial charge on any atom is 0.250 e. The van der Waals surface area contributed by atoms with Gasteiger partial charge >= 0.3 is 0 Å². The van der Waals surface area contributed by atoms with Gasteiger partial charge < -0.3 is 14.2 Å². The van der Waals surface area contributed by atoms with Crippen LogP contribution in [0, 0.1) is 0 Å². The topological polar surface area (TPSA) is 69.7 Å². The molecule has 2 aromatic carbocycles. The van der Waals surface area contributed by atoms with Crippen molar-refractivity contribution in [2.75, 3.05) is 25.1 Å². The van der Waals surface area contributed by atoms with Crippen LogP contribution >= 0.6 is 11.3 Å². The summed E-state index contributed by atoms with van der Waals surface area (Å²) in [6, 6.07) is 13.4. The zero-order chi connectivity index (χ0) is 22.8. The van der Waals surface area contributed by atoms with E-state index in [2.05, 4.69) is 17.2 Å². The molecule has 0 atom stereocenters. The molecule has 32 heavy (non-hydrogen) atoms. The Balaban J connectivity index is 1.61. The number of thiazole rings is 1. The average molecular weight is 453 g/mol. The molecule has 0 fully saturated rings. The van der Waals surface area contributed by atoms with E-state index >= 15 is 0 Å². The van der Waals surface area contributed by atoms with Gasteiger partial charge in [-0.15, -0.1) is 11.3 Å². The van der Waals surface area contributed by atoms with E-state index in [9.17, 15) is 4.79 Å². The van der Waals surface area contributed by atoms with Gasteiger partial charge in [0.25, 0.3) is 0 Å². The fourth-order valence-electron chi connectivity index (χ4n) is 2.90. The van der Waals surface area contributed by atoms with Crippen LogP contribution in [0.3, 0.4) is 0 Å². The number of anilines is 1. The van der Waals surface area contributed by atoms with Crippen LogP contribution in [0.2, 0.25) is 0 Å². The minimum Gasteiger partial charge on any atom is -0.494 e. The smallest absolute Gasteiger partial charge is 0.250 e. The minimum atomic E-state index is -0.249. The largest absolute Gasteiger partial charge is 0.494 e. The first-order valence-corrected chi connectivity index (χ1v) is 11.6. The van der Waals surface area contributed by atoms with Gasteiger partial charge in [0.05, 0.1) is 25.5 Å². The van der Waals surface area contributed by atoms with Gasteiger partial charge in [-0.25, -0.2) is 4.98 Å². The molecule has 1 N–H and O–H groups in total. The Hall–Kier alpha value is -3.32. The van der Waals surface area contributed by atoms with Crippen LogP contribution in [0.25, 0.3) is 17.3 Å². The van der Waals surface area contributed by atoms with E-state index in [1.54, 1.807) is 6.08 Å². The second kappa shape index (κ2) is 11.9. The molecule has 0 saturated carbocycles. The summed E-state index contributed by atoms with van der Waals surface area (Å²) in [6.45, 7) is 7.71. The van der Waals surface area contributed by atoms with Gasteiger partial charge in [-0.3, -0.25) is 10.1 Å². The van der Waals surface area contributed by atoms with Gasteiger partial charge in [0.1, 0.15) is 5.75 Å². The standard InChI is InChI=1S/C25H28N2O4S/c1-4-15-31-20-11-9-19(10-12-20)21-17-32-25(26-21)27-24(28)14-8-18-7-13-22(29-5-2)23(16-18)30-6-3/h7-14,16-17H,4-6,15H2,1-3H3,(H,26,27,28)/b14-8+. The maximum atomic E-state index is 12.4. The molecule has 0 bridgehead atoms. The first-order chi connectivity index (χ1) is 15.6. The highest BCUT2D eigenvalue weighted by Crippen LogP contribution is 2.29. The van der Waals surface area contributed by atoms with Crippen LogP contribution in [0.5, 0.6) is 17.2 Å². The molecular weight excluding hydrogens is 424 g/mol. The monoisotopic (exact) mass is 452 g/mol. The van der Waals surface area contributed by atoms with Gasteiger partial charge in [0.2, 0.25) is 5.91 Å². The van der Waals surface area contributed by atoms with Crippen molar-refractivity contribution in [3.8, 4) is 28.5 Å². The van der Waals surface area contributed by atoms with Gasteiger partial charge in [0, 0.05) is 17.0 Å². The Morgan fingerprint density at radius 1 is 1.00 bits per heavy atom. The quantitative estimate of drug-likeness (QED) is 0.359. The Morgan fingerprint density at radius 3 is 2.47 bits per heavy atom. The molecule has 7 heteroatoms. The molecule has 0 saturated heterocycles. The van der Waals surface area contributed by atoms with Crippen molar-refractivity contribution in [2.45, 2.75) is 27.2 Å². The number of hydrogen-bond donors (Lipinski definition) is 1. The van der Waals surface area contributed by atoms with Crippen molar-refractivity contribution in [1.29, 1.82) is 0 Å². The summed E-state index contributed by atoms with van der Waals surface area (Å²) >= 11 is 1.38. The summed E-state index contributed by atoms with van der Waals surface area (Å²) in [4.78, 5) is 16.9. The number of ether oxygens (including phenoxy) is 3. The summed E-state index contributed by atoms with van der Waals surface area (Å²) < 4.78 is 16.8. The van der Waals surface area contributed by atoms with E-state index < -0.39 is 0 Å². The van der Waals surface area contributed by atoms with Crippen LogP contribution in [0.1, 0.15) is 32.8 Å². The molecule has 0 aliphatic rings. The zero-order valence-corrected chi connectivity index (χ0v) is 19.4. The highest BCUT2D eigenvalue weighted by atomic mass is 32.1. The SMILES string of the molecule is CCCOc1ccc(-c2csc(NC(=O)/C=C/c3ccc(OCC)c(OCC)c3)n2)cc1. The highest BCUT2D eigenvalue weighted by Gasteiger charge is 2.08. The summed E-state index contributed by atoms with van der Waals surface area (Å²) in [7, 11) is 0. The predicted molar refractivity (Wildman–Crippen MR) is 130 cm³/mol. The number of benzene rings is 2. The Labute approximate surface area is 192 Å². The first-order valence-electron chi connectivity index (χ1n) is 10.7. The molecular formula is C25H28N2O4S. The van der Waals surface area contributed by atoms with E-state index in [-0.39, 0.29) is 5.91 Å². The molecule has 0 spiro atoms. The van der Waals surface area contributed by atoms with Crippen LogP contribution in [0.15, 0.2) is 53.9 Å². The molecule has 0 aliphatic carbocycles. The third kappa shape index (κ3) is 6.59. The van der Waals surface area contributed by atoms with Crippen molar-refractivity contribution in [3.63, 3.8) is 0 Å². The van der Waals surface area contributed by atoms with Gasteiger partial charge in [-0.05, 0) is 68.3 Å². The lowest BCUT2D eigenvalue weighted by atomic mass is 10.2. The third-order valence-corrected chi connectivity index (χ3v) is 5.11. The van der Waals surface area contributed by atoms with E-state index in [1.165, 1.54) is 17.4 Å². The van der Waals surface area contributed by atoms with E-state index in [0.717, 1.165) is 29.0 Å². The number of nitrogens with zero attached hydrogens (tertiary/aromatic N) is 1. The number of amides is 1. The average Bonchev–Trinajstić information content (AvgIpc) is 3.27. The number of carbonyl (C=O) groups excluding carboxylic acids is 1. The molecule has 0 aliphatic heterocycles. The number of aromatic nitrogens is 1. The second-order valence-electron chi connectivity index (χ2n) is 6.81. The fraction of sp³-hybridized carbons (Fsp3) is 0.280. The maximum absolute atomic E-state index is 12.4. The minimum absolute atomic E-state index is 0.249. The molecule has 3 aromatic rings. The number of carbonyl (C=O) groups is 1. The van der Waals surface area contributed by atoms with E-state index in [0.29, 0.717) is 36.5 Å². The highest BCUT2D eigenvalue weighted by molar-refractivity contribution is 7.14. The van der Waals surface area contributed by atoms with Crippen molar-refractivity contribution in [2.24, 2.45) is 0 Å². The summed E-state index contributed by atoms with van der Waals surface area (Å²) in [5, 5.41) is 5.28. The number of hydrogen-bond acceptors (Lipinski definition) is 6. The normalized spacial score (nSPS) is 10.8. The summed E-state index contributed by atoms with van der Waals surface area (Å²) in [5.41, 5.74) is 2.63. The molecule has 0 unspecified atom stereocenters. The predicted octanol–water partition coefficient (Wildman–Crippen LogP) is 6.05. The van der Waals surface area contributed by atoms with E-state index in [4.69, 9.17) is 14.2 Å². The lowest BCUT2D eigenvalue weighted by molar-refractivity contribution is -0.111. The van der Waals surface area contributed by atoms with Crippen molar-refractivity contribution < 1.29 is 19.0 Å². The molecule has 1 amide bonds. The van der Waals surface area contributed by atoms with Crippen molar-refractivity contribution >= 4 is 28.5 Å². The van der Waals surface area contributed by atoms with Crippen molar-refractivity contribution in [3.05, 3.63) is 59.5 Å². The summed E-state index contributed by atoms with van der Waals surface area (Å²) in [5.74, 6) is 1.94. The van der Waals surface area contributed by atoms with Gasteiger partial charge in [0.15, 0.2) is 16.6 Å². The molecule has 0 radical (unpaired) electrons. The lowest BCUT2D eigenvalue weighted by Gasteiger charge is -2.11. The molecule has 6 nitrogen and oxygen atoms in total. The molecule has 3 rings (SSSR count).